The summed E-state index contributed by atoms with van der Waals surface area (Å²) in [6.07, 6.45) is -1.50. The molecule has 11 heteroatoms. The minimum atomic E-state index is -1.16. The molecule has 0 saturated carbocycles. The van der Waals surface area contributed by atoms with E-state index in [1.165, 1.54) is 10.9 Å². The van der Waals surface area contributed by atoms with Gasteiger partial charge in [0, 0.05) is 51.9 Å². The van der Waals surface area contributed by atoms with Crippen LogP contribution in [0.5, 0.6) is 11.5 Å². The second kappa shape index (κ2) is 16.6. The quantitative estimate of drug-likeness (QED) is 0.131. The highest BCUT2D eigenvalue weighted by atomic mass is 35.5. The normalized spacial score (nSPS) is 16.2. The summed E-state index contributed by atoms with van der Waals surface area (Å²) in [5, 5.41) is 8.72. The lowest BCUT2D eigenvalue weighted by atomic mass is 9.94. The van der Waals surface area contributed by atoms with Crippen molar-refractivity contribution in [1.82, 2.24) is 10.6 Å². The molecule has 0 aliphatic carbocycles. The number of amides is 2. The van der Waals surface area contributed by atoms with Crippen molar-refractivity contribution in [2.75, 3.05) is 31.7 Å². The highest BCUT2D eigenvalue weighted by molar-refractivity contribution is 7.09. The van der Waals surface area contributed by atoms with Crippen molar-refractivity contribution in [3.8, 4) is 11.5 Å². The van der Waals surface area contributed by atoms with Crippen molar-refractivity contribution in [3.05, 3.63) is 111 Å². The number of carbonyl (C=O) groups excluding carboxylic acids is 2. The number of ether oxygens (including phenoxy) is 3. The number of fused-ring (bicyclic) bond motifs is 1. The molecule has 2 amide bonds. The van der Waals surface area contributed by atoms with E-state index in [4.69, 9.17) is 25.8 Å². The molecule has 1 aliphatic heterocycles. The fraction of sp³-hybridized carbons (Fsp3) is 0.368. The first-order chi connectivity index (χ1) is 23.5. The van der Waals surface area contributed by atoms with Gasteiger partial charge < -0.3 is 29.7 Å². The Balaban J connectivity index is 1.42. The van der Waals surface area contributed by atoms with Crippen LogP contribution in [0.4, 0.5) is 10.1 Å². The van der Waals surface area contributed by atoms with Crippen LogP contribution in [0.25, 0.3) is 0 Å². The van der Waals surface area contributed by atoms with E-state index < -0.39 is 23.9 Å². The number of halogens is 2. The monoisotopic (exact) mass is 707 g/mol. The van der Waals surface area contributed by atoms with Crippen LogP contribution >= 0.6 is 22.9 Å². The van der Waals surface area contributed by atoms with Gasteiger partial charge in [0.1, 0.15) is 18.0 Å². The Morgan fingerprint density at radius 2 is 1.86 bits per heavy atom. The molecule has 3 aromatic carbocycles. The van der Waals surface area contributed by atoms with E-state index in [0.717, 1.165) is 19.5 Å². The summed E-state index contributed by atoms with van der Waals surface area (Å²) in [6.45, 7) is 8.51. The molecule has 0 saturated heterocycles. The van der Waals surface area contributed by atoms with Crippen molar-refractivity contribution in [1.29, 1.82) is 0 Å². The zero-order valence-corrected chi connectivity index (χ0v) is 29.8. The largest absolute Gasteiger partial charge is 0.492 e. The molecule has 0 fully saturated rings. The number of rotatable bonds is 14. The summed E-state index contributed by atoms with van der Waals surface area (Å²) in [5.74, 6) is -0.228. The third-order valence-electron chi connectivity index (χ3n) is 7.97. The van der Waals surface area contributed by atoms with Crippen LogP contribution in [0, 0.1) is 11.2 Å². The number of hydrogen-bond donors (Lipinski definition) is 2. The summed E-state index contributed by atoms with van der Waals surface area (Å²) >= 11 is 8.28. The zero-order chi connectivity index (χ0) is 35.0. The number of anilines is 1. The molecule has 4 aromatic rings. The van der Waals surface area contributed by atoms with Gasteiger partial charge >= 0.3 is 0 Å². The molecule has 2 heterocycles. The molecule has 0 bridgehead atoms. The number of methoxy groups -OCH3 is 1. The lowest BCUT2D eigenvalue weighted by Gasteiger charge is -2.31. The van der Waals surface area contributed by atoms with E-state index in [-0.39, 0.29) is 24.3 Å². The van der Waals surface area contributed by atoms with Gasteiger partial charge in [-0.15, -0.1) is 11.3 Å². The Morgan fingerprint density at radius 1 is 1.04 bits per heavy atom. The predicted octanol–water partition coefficient (Wildman–Crippen LogP) is 7.68. The van der Waals surface area contributed by atoms with Gasteiger partial charge in [-0.25, -0.2) is 4.39 Å². The standard InChI is InChI=1S/C38H43ClFN3O5S/c1-38(2,3)24-43-31-16-15-26(39)20-29(31)35(48-33(37(43)45)21-34(44)42-22-25-10-5-6-13-30(25)40)28-12-7-14-32(36(28)46-4)47-18-9-17-41-23-27-11-8-19-49-27/h5-8,10-16,19-20,33,35,41H,9,17-18,21-24H2,1-4H3,(H,42,44)/t33-,35-/m0/s1. The molecule has 1 aliphatic rings. The molecule has 49 heavy (non-hydrogen) atoms. The van der Waals surface area contributed by atoms with Gasteiger partial charge in [0.2, 0.25) is 5.91 Å². The zero-order valence-electron chi connectivity index (χ0n) is 28.3. The number of para-hydroxylation sites is 1. The maximum absolute atomic E-state index is 14.3. The first kappa shape index (κ1) is 36.3. The first-order valence-electron chi connectivity index (χ1n) is 16.3. The van der Waals surface area contributed by atoms with Crippen LogP contribution in [-0.2, 0) is 27.4 Å². The molecule has 260 valence electrons. The SMILES string of the molecule is COc1c(OCCCNCc2cccs2)cccc1[C@@H]1O[C@@H](CC(=O)NCc2ccccc2F)C(=O)N(CC(C)(C)C)c2ccc(Cl)cc21. The van der Waals surface area contributed by atoms with Crippen LogP contribution in [0.3, 0.4) is 0 Å². The number of benzene rings is 3. The second-order valence-corrected chi connectivity index (χ2v) is 14.6. The van der Waals surface area contributed by atoms with Crippen molar-refractivity contribution in [3.63, 3.8) is 0 Å². The minimum absolute atomic E-state index is 0.0197. The molecular weight excluding hydrogens is 665 g/mol. The average molecular weight is 708 g/mol. The molecule has 5 rings (SSSR count). The Labute approximate surface area is 296 Å². The minimum Gasteiger partial charge on any atom is -0.492 e. The van der Waals surface area contributed by atoms with Gasteiger partial charge in [-0.1, -0.05) is 68.8 Å². The third-order valence-corrected chi connectivity index (χ3v) is 9.08. The molecule has 0 spiro atoms. The lowest BCUT2D eigenvalue weighted by molar-refractivity contribution is -0.138. The van der Waals surface area contributed by atoms with Gasteiger partial charge in [-0.2, -0.15) is 0 Å². The predicted molar refractivity (Wildman–Crippen MR) is 192 cm³/mol. The topological polar surface area (TPSA) is 89.1 Å². The summed E-state index contributed by atoms with van der Waals surface area (Å²) in [5.41, 5.74) is 1.98. The second-order valence-electron chi connectivity index (χ2n) is 13.1. The Kier molecular flexibility index (Phi) is 12.3. The summed E-state index contributed by atoms with van der Waals surface area (Å²) < 4.78 is 33.0. The maximum atomic E-state index is 14.3. The van der Waals surface area contributed by atoms with Crippen LogP contribution in [-0.4, -0.2) is 44.7 Å². The Hall–Kier alpha value is -3.96. The number of nitrogens with one attached hydrogen (secondary N) is 2. The van der Waals surface area contributed by atoms with Gasteiger partial charge in [0.25, 0.3) is 5.91 Å². The van der Waals surface area contributed by atoms with E-state index >= 15 is 0 Å². The summed E-state index contributed by atoms with van der Waals surface area (Å²) in [4.78, 5) is 30.6. The summed E-state index contributed by atoms with van der Waals surface area (Å²) in [6, 6.07) is 21.3. The number of hydrogen-bond acceptors (Lipinski definition) is 7. The molecule has 0 unspecified atom stereocenters. The van der Waals surface area contributed by atoms with Gasteiger partial charge in [0.15, 0.2) is 11.5 Å². The van der Waals surface area contributed by atoms with E-state index in [9.17, 15) is 14.0 Å². The first-order valence-corrected chi connectivity index (χ1v) is 17.6. The summed E-state index contributed by atoms with van der Waals surface area (Å²) in [7, 11) is 1.56. The Bertz CT molecular complexity index is 1730. The molecule has 2 N–H and O–H groups in total. The fourth-order valence-electron chi connectivity index (χ4n) is 5.73. The van der Waals surface area contributed by atoms with E-state index in [0.29, 0.717) is 52.1 Å². The van der Waals surface area contributed by atoms with Crippen molar-refractivity contribution >= 4 is 40.4 Å². The van der Waals surface area contributed by atoms with E-state index in [1.807, 2.05) is 51.1 Å². The highest BCUT2D eigenvalue weighted by Gasteiger charge is 2.40. The van der Waals surface area contributed by atoms with Gasteiger partial charge in [-0.05, 0) is 60.2 Å². The molecule has 8 nitrogen and oxygen atoms in total. The average Bonchev–Trinajstić information content (AvgIpc) is 3.56. The fourth-order valence-corrected chi connectivity index (χ4v) is 6.59. The van der Waals surface area contributed by atoms with Crippen LogP contribution in [0.1, 0.15) is 61.3 Å². The van der Waals surface area contributed by atoms with Crippen LogP contribution in [0.2, 0.25) is 5.02 Å². The number of nitrogens with zero attached hydrogens (tertiary/aromatic N) is 1. The Morgan fingerprint density at radius 3 is 2.59 bits per heavy atom. The molecular formula is C38H43ClFN3O5S. The van der Waals surface area contributed by atoms with Crippen LogP contribution in [0.15, 0.2) is 78.2 Å². The van der Waals surface area contributed by atoms with Crippen LogP contribution < -0.4 is 25.0 Å². The van der Waals surface area contributed by atoms with Gasteiger partial charge in [0.05, 0.1) is 20.1 Å². The molecule has 0 radical (unpaired) electrons. The molecule has 1 aromatic heterocycles. The number of thiophene rings is 1. The van der Waals surface area contributed by atoms with Crippen molar-refractivity contribution < 1.29 is 28.2 Å². The number of carbonyl (C=O) groups is 2. The van der Waals surface area contributed by atoms with Crippen molar-refractivity contribution in [2.24, 2.45) is 5.41 Å². The lowest BCUT2D eigenvalue weighted by Crippen LogP contribution is -2.45. The van der Waals surface area contributed by atoms with E-state index in [2.05, 4.69) is 22.1 Å². The van der Waals surface area contributed by atoms with E-state index in [1.54, 1.807) is 53.7 Å². The third kappa shape index (κ3) is 9.60. The molecule has 2 atom stereocenters. The van der Waals surface area contributed by atoms with Crippen molar-refractivity contribution in [2.45, 2.75) is 58.9 Å². The smallest absolute Gasteiger partial charge is 0.256 e. The maximum Gasteiger partial charge on any atom is 0.256 e. The highest BCUT2D eigenvalue weighted by Crippen LogP contribution is 2.45. The van der Waals surface area contributed by atoms with Gasteiger partial charge in [-0.3, -0.25) is 9.59 Å².